The molecule has 15 heavy (non-hydrogen) atoms. The first-order chi connectivity index (χ1) is 7.09. The first-order valence-corrected chi connectivity index (χ1v) is 5.61. The summed E-state index contributed by atoms with van der Waals surface area (Å²) in [5.41, 5.74) is 6.39. The molecule has 0 bridgehead atoms. The Kier molecular flexibility index (Phi) is 4.62. The highest BCUT2D eigenvalue weighted by molar-refractivity contribution is 9.10. The van der Waals surface area contributed by atoms with E-state index < -0.39 is 0 Å². The SMILES string of the molecule is Cc1cc(OCCCC(=N)N)ccc1Br. The highest BCUT2D eigenvalue weighted by Crippen LogP contribution is 2.21. The van der Waals surface area contributed by atoms with Crippen LogP contribution in [-0.2, 0) is 0 Å². The molecule has 0 aliphatic carbocycles. The zero-order valence-electron chi connectivity index (χ0n) is 8.72. The maximum absolute atomic E-state index is 7.06. The van der Waals surface area contributed by atoms with Gasteiger partial charge in [-0.15, -0.1) is 0 Å². The molecule has 0 spiro atoms. The maximum Gasteiger partial charge on any atom is 0.119 e. The van der Waals surface area contributed by atoms with Gasteiger partial charge in [-0.1, -0.05) is 15.9 Å². The summed E-state index contributed by atoms with van der Waals surface area (Å²) >= 11 is 3.43. The van der Waals surface area contributed by atoms with Gasteiger partial charge in [-0.3, -0.25) is 5.41 Å². The first-order valence-electron chi connectivity index (χ1n) is 4.81. The highest BCUT2D eigenvalue weighted by atomic mass is 79.9. The van der Waals surface area contributed by atoms with Crippen molar-refractivity contribution in [3.05, 3.63) is 28.2 Å². The van der Waals surface area contributed by atoms with Gasteiger partial charge >= 0.3 is 0 Å². The zero-order chi connectivity index (χ0) is 11.3. The van der Waals surface area contributed by atoms with Crippen LogP contribution < -0.4 is 10.5 Å². The van der Waals surface area contributed by atoms with Gasteiger partial charge in [0.25, 0.3) is 0 Å². The summed E-state index contributed by atoms with van der Waals surface area (Å²) in [6.45, 7) is 2.62. The van der Waals surface area contributed by atoms with E-state index in [4.69, 9.17) is 15.9 Å². The van der Waals surface area contributed by atoms with Crippen molar-refractivity contribution in [3.8, 4) is 5.75 Å². The van der Waals surface area contributed by atoms with Crippen LogP contribution in [-0.4, -0.2) is 12.4 Å². The van der Waals surface area contributed by atoms with E-state index in [2.05, 4.69) is 15.9 Å². The number of nitrogens with one attached hydrogen (secondary N) is 1. The van der Waals surface area contributed by atoms with Crippen LogP contribution in [0.3, 0.4) is 0 Å². The van der Waals surface area contributed by atoms with E-state index in [1.165, 1.54) is 0 Å². The summed E-state index contributed by atoms with van der Waals surface area (Å²) in [6.07, 6.45) is 1.37. The van der Waals surface area contributed by atoms with Gasteiger partial charge in [-0.2, -0.15) is 0 Å². The monoisotopic (exact) mass is 270 g/mol. The molecule has 0 saturated heterocycles. The van der Waals surface area contributed by atoms with Crippen LogP contribution in [0.25, 0.3) is 0 Å². The Bertz CT molecular complexity index is 352. The minimum Gasteiger partial charge on any atom is -0.494 e. The molecule has 1 rings (SSSR count). The summed E-state index contributed by atoms with van der Waals surface area (Å²) < 4.78 is 6.60. The number of benzene rings is 1. The van der Waals surface area contributed by atoms with Gasteiger partial charge in [-0.25, -0.2) is 0 Å². The van der Waals surface area contributed by atoms with Crippen molar-refractivity contribution in [1.82, 2.24) is 0 Å². The second-order valence-corrected chi connectivity index (χ2v) is 4.24. The van der Waals surface area contributed by atoms with E-state index in [9.17, 15) is 0 Å². The standard InChI is InChI=1S/C11H15BrN2O/c1-8-7-9(4-5-10(8)12)15-6-2-3-11(13)14/h4-5,7H,2-3,6H2,1H3,(H3,13,14). The van der Waals surface area contributed by atoms with Crippen molar-refractivity contribution in [2.75, 3.05) is 6.61 Å². The van der Waals surface area contributed by atoms with Crippen LogP contribution in [0.4, 0.5) is 0 Å². The van der Waals surface area contributed by atoms with E-state index in [0.717, 1.165) is 22.2 Å². The van der Waals surface area contributed by atoms with E-state index in [1.54, 1.807) is 0 Å². The Morgan fingerprint density at radius 1 is 1.53 bits per heavy atom. The topological polar surface area (TPSA) is 59.1 Å². The lowest BCUT2D eigenvalue weighted by atomic mass is 10.2. The summed E-state index contributed by atoms with van der Waals surface area (Å²) in [7, 11) is 0. The summed E-state index contributed by atoms with van der Waals surface area (Å²) in [4.78, 5) is 0. The first kappa shape index (κ1) is 12.0. The van der Waals surface area contributed by atoms with Crippen LogP contribution in [0.2, 0.25) is 0 Å². The maximum atomic E-state index is 7.06. The number of nitrogens with two attached hydrogens (primary N) is 1. The molecule has 0 atom stereocenters. The van der Waals surface area contributed by atoms with Crippen molar-refractivity contribution in [2.45, 2.75) is 19.8 Å². The number of aryl methyl sites for hydroxylation is 1. The predicted molar refractivity (Wildman–Crippen MR) is 65.5 cm³/mol. The number of rotatable bonds is 5. The van der Waals surface area contributed by atoms with Crippen LogP contribution in [0, 0.1) is 12.3 Å². The third kappa shape index (κ3) is 4.34. The van der Waals surface area contributed by atoms with Gasteiger partial charge in [0.15, 0.2) is 0 Å². The molecule has 0 fully saturated rings. The minimum absolute atomic E-state index is 0.214. The van der Waals surface area contributed by atoms with Gasteiger partial charge in [0, 0.05) is 10.9 Å². The van der Waals surface area contributed by atoms with Crippen LogP contribution in [0.5, 0.6) is 5.75 Å². The van der Waals surface area contributed by atoms with Crippen LogP contribution in [0.15, 0.2) is 22.7 Å². The smallest absolute Gasteiger partial charge is 0.119 e. The molecule has 3 nitrogen and oxygen atoms in total. The largest absolute Gasteiger partial charge is 0.494 e. The summed E-state index contributed by atoms with van der Waals surface area (Å²) in [5.74, 6) is 1.07. The van der Waals surface area contributed by atoms with Gasteiger partial charge in [-0.05, 0) is 37.1 Å². The highest BCUT2D eigenvalue weighted by Gasteiger charge is 1.98. The lowest BCUT2D eigenvalue weighted by molar-refractivity contribution is 0.313. The average Bonchev–Trinajstić information content (AvgIpc) is 2.18. The second-order valence-electron chi connectivity index (χ2n) is 3.39. The Morgan fingerprint density at radius 2 is 2.27 bits per heavy atom. The molecule has 4 heteroatoms. The molecule has 1 aromatic rings. The quantitative estimate of drug-likeness (QED) is 0.491. The van der Waals surface area contributed by atoms with Gasteiger partial charge in [0.2, 0.25) is 0 Å². The number of hydrogen-bond acceptors (Lipinski definition) is 2. The van der Waals surface area contributed by atoms with Crippen molar-refractivity contribution < 1.29 is 4.74 Å². The Morgan fingerprint density at radius 3 is 2.87 bits per heavy atom. The average molecular weight is 271 g/mol. The Hall–Kier alpha value is -1.03. The fraction of sp³-hybridized carbons (Fsp3) is 0.364. The molecule has 1 aromatic carbocycles. The third-order valence-corrected chi connectivity index (χ3v) is 2.88. The normalized spacial score (nSPS) is 10.0. The molecule has 0 amide bonds. The fourth-order valence-electron chi connectivity index (χ4n) is 1.16. The second kappa shape index (κ2) is 5.75. The van der Waals surface area contributed by atoms with E-state index in [1.807, 2.05) is 25.1 Å². The van der Waals surface area contributed by atoms with E-state index >= 15 is 0 Å². The van der Waals surface area contributed by atoms with Crippen molar-refractivity contribution in [3.63, 3.8) is 0 Å². The Labute approximate surface area is 98.3 Å². The van der Waals surface area contributed by atoms with Gasteiger partial charge in [0.1, 0.15) is 5.75 Å². The summed E-state index contributed by atoms with van der Waals surface area (Å²) in [5, 5.41) is 7.06. The Balaban J connectivity index is 2.38. The van der Waals surface area contributed by atoms with Gasteiger partial charge in [0.05, 0.1) is 12.4 Å². The number of amidine groups is 1. The van der Waals surface area contributed by atoms with Crippen LogP contribution in [0.1, 0.15) is 18.4 Å². The predicted octanol–water partition coefficient (Wildman–Crippen LogP) is 2.85. The molecule has 82 valence electrons. The van der Waals surface area contributed by atoms with E-state index in [0.29, 0.717) is 13.0 Å². The van der Waals surface area contributed by atoms with Crippen molar-refractivity contribution in [1.29, 1.82) is 5.41 Å². The number of halogens is 1. The lowest BCUT2D eigenvalue weighted by Gasteiger charge is -2.07. The number of ether oxygens (including phenoxy) is 1. The fourth-order valence-corrected chi connectivity index (χ4v) is 1.41. The molecular formula is C11H15BrN2O. The molecule has 0 unspecified atom stereocenters. The van der Waals surface area contributed by atoms with Crippen molar-refractivity contribution in [2.24, 2.45) is 5.73 Å². The molecule has 3 N–H and O–H groups in total. The minimum atomic E-state index is 0.214. The molecule has 0 heterocycles. The third-order valence-electron chi connectivity index (χ3n) is 1.99. The number of hydrogen-bond donors (Lipinski definition) is 2. The molecule has 0 saturated carbocycles. The molecule has 0 radical (unpaired) electrons. The lowest BCUT2D eigenvalue weighted by Crippen LogP contribution is -2.10. The zero-order valence-corrected chi connectivity index (χ0v) is 10.3. The molecular weight excluding hydrogens is 256 g/mol. The summed E-state index contributed by atoms with van der Waals surface area (Å²) in [6, 6.07) is 5.87. The van der Waals surface area contributed by atoms with Crippen molar-refractivity contribution >= 4 is 21.8 Å². The van der Waals surface area contributed by atoms with E-state index in [-0.39, 0.29) is 5.84 Å². The van der Waals surface area contributed by atoms with Gasteiger partial charge < -0.3 is 10.5 Å². The molecule has 0 aliphatic heterocycles. The molecule has 0 aromatic heterocycles. The molecule has 0 aliphatic rings. The van der Waals surface area contributed by atoms with Crippen LogP contribution >= 0.6 is 15.9 Å².